The van der Waals surface area contributed by atoms with E-state index in [-0.39, 0.29) is 31.2 Å². The molecular weight excluding hydrogens is 1010 g/mol. The molecule has 0 atom stereocenters. The third-order valence-electron chi connectivity index (χ3n) is 12.8. The second-order valence-corrected chi connectivity index (χ2v) is 17.2. The van der Waals surface area contributed by atoms with Crippen LogP contribution in [0.2, 0.25) is 0 Å². The van der Waals surface area contributed by atoms with Crippen LogP contribution in [0.4, 0.5) is 0 Å². The molecule has 3 heterocycles. The quantitative estimate of drug-likeness (QED) is 0.0904. The van der Waals surface area contributed by atoms with Gasteiger partial charge in [-0.1, -0.05) is 120 Å². The third-order valence-corrected chi connectivity index (χ3v) is 12.8. The van der Waals surface area contributed by atoms with Crippen molar-refractivity contribution in [2.45, 2.75) is 39.4 Å². The molecule has 0 radical (unpaired) electrons. The van der Waals surface area contributed by atoms with Gasteiger partial charge in [-0.25, -0.2) is 0 Å². The van der Waals surface area contributed by atoms with Crippen molar-refractivity contribution in [3.8, 4) is 67.2 Å². The van der Waals surface area contributed by atoms with Crippen molar-refractivity contribution in [1.29, 1.82) is 0 Å². The predicted octanol–water partition coefficient (Wildman–Crippen LogP) is 15.8. The van der Waals surface area contributed by atoms with Gasteiger partial charge in [0, 0.05) is 32.4 Å². The Morgan fingerprint density at radius 2 is 0.913 bits per heavy atom. The molecule has 3 aromatic heterocycles. The van der Waals surface area contributed by atoms with Crippen molar-refractivity contribution in [3.63, 3.8) is 0 Å². The maximum absolute atomic E-state index is 8.56. The molecule has 0 bridgehead atoms. The summed E-state index contributed by atoms with van der Waals surface area (Å²) in [7, 11) is 0. The maximum atomic E-state index is 8.56. The summed E-state index contributed by atoms with van der Waals surface area (Å²) in [6, 6.07) is 72.4. The van der Waals surface area contributed by atoms with Gasteiger partial charge in [-0.15, -0.1) is 108 Å². The van der Waals surface area contributed by atoms with Gasteiger partial charge >= 0.3 is 20.1 Å². The van der Waals surface area contributed by atoms with Crippen LogP contribution in [0.3, 0.4) is 0 Å². The molecule has 332 valence electrons. The maximum Gasteiger partial charge on any atom is 3.00 e. The summed E-state index contributed by atoms with van der Waals surface area (Å²) in [5.41, 5.74) is 14.1. The molecule has 0 aliphatic carbocycles. The Labute approximate surface area is 427 Å². The molecule has 69 heavy (non-hydrogen) atoms. The molecular formula is C65H48IrN3. The molecule has 4 heteroatoms. The van der Waals surface area contributed by atoms with Gasteiger partial charge in [-0.3, -0.25) is 0 Å². The van der Waals surface area contributed by atoms with Crippen LogP contribution in [0.1, 0.15) is 41.6 Å². The van der Waals surface area contributed by atoms with Crippen LogP contribution in [-0.2, 0) is 45.8 Å². The number of pyridine rings is 3. The first-order valence-corrected chi connectivity index (χ1v) is 23.0. The Morgan fingerprint density at radius 1 is 0.391 bits per heavy atom. The summed E-state index contributed by atoms with van der Waals surface area (Å²) in [6.07, 6.45) is 7.26. The molecule has 11 aromatic rings. The molecule has 0 spiro atoms. The Balaban J connectivity index is 0.00000641. The van der Waals surface area contributed by atoms with E-state index in [0.717, 1.165) is 72.3 Å². The molecule has 3 nitrogen and oxygen atoms in total. The van der Waals surface area contributed by atoms with Gasteiger partial charge in [0.1, 0.15) is 0 Å². The largest absolute Gasteiger partial charge is 3.00 e. The first-order chi connectivity index (χ1) is 35.9. The van der Waals surface area contributed by atoms with E-state index in [1.807, 2.05) is 72.9 Å². The van der Waals surface area contributed by atoms with Crippen molar-refractivity contribution < 1.29 is 28.3 Å². The van der Waals surface area contributed by atoms with Crippen LogP contribution < -0.4 is 0 Å². The second-order valence-electron chi connectivity index (χ2n) is 17.2. The van der Waals surface area contributed by atoms with Crippen LogP contribution in [0.15, 0.2) is 207 Å². The topological polar surface area (TPSA) is 38.7 Å². The predicted molar refractivity (Wildman–Crippen MR) is 281 cm³/mol. The van der Waals surface area contributed by atoms with E-state index >= 15 is 0 Å². The average Bonchev–Trinajstić information content (AvgIpc) is 3.43. The molecule has 0 aliphatic heterocycles. The Hall–Kier alpha value is -7.62. The van der Waals surface area contributed by atoms with Crippen molar-refractivity contribution in [2.24, 2.45) is 0 Å². The van der Waals surface area contributed by atoms with E-state index in [2.05, 4.69) is 115 Å². The van der Waals surface area contributed by atoms with E-state index in [4.69, 9.17) is 23.2 Å². The van der Waals surface area contributed by atoms with Crippen molar-refractivity contribution in [2.75, 3.05) is 0 Å². The minimum absolute atomic E-state index is 0. The van der Waals surface area contributed by atoms with Crippen molar-refractivity contribution >= 4 is 21.5 Å². The van der Waals surface area contributed by atoms with Crippen molar-refractivity contribution in [1.82, 2.24) is 15.0 Å². The van der Waals surface area contributed by atoms with E-state index in [9.17, 15) is 0 Å². The summed E-state index contributed by atoms with van der Waals surface area (Å²) >= 11 is 0. The zero-order chi connectivity index (χ0) is 50.8. The smallest absolute Gasteiger partial charge is 0.304 e. The number of benzene rings is 8. The number of rotatable bonds is 12. The fourth-order valence-corrected chi connectivity index (χ4v) is 9.29. The molecule has 0 unspecified atom stereocenters. The Morgan fingerprint density at radius 3 is 1.51 bits per heavy atom. The summed E-state index contributed by atoms with van der Waals surface area (Å²) in [5.74, 6) is 0. The van der Waals surface area contributed by atoms with E-state index < -0.39 is 13.7 Å². The molecule has 0 saturated carbocycles. The molecule has 11 rings (SSSR count). The van der Waals surface area contributed by atoms with Gasteiger partial charge in [-0.05, 0) is 134 Å². The fraction of sp³-hybridized carbons (Fsp3) is 0.0923. The Bertz CT molecular complexity index is 3700. The van der Waals surface area contributed by atoms with Crippen LogP contribution in [0.5, 0.6) is 0 Å². The van der Waals surface area contributed by atoms with Crippen molar-refractivity contribution in [3.05, 3.63) is 258 Å². The molecule has 0 N–H and O–H groups in total. The van der Waals surface area contributed by atoms with Crippen LogP contribution in [-0.4, -0.2) is 15.0 Å². The van der Waals surface area contributed by atoms with Gasteiger partial charge in [0.05, 0.1) is 0 Å². The van der Waals surface area contributed by atoms with Crippen LogP contribution in [0, 0.1) is 31.9 Å². The summed E-state index contributed by atoms with van der Waals surface area (Å²) in [4.78, 5) is 14.5. The molecule has 0 saturated heterocycles. The standard InChI is InChI=1S/C65H48N3.Ir/c1-44-34-63(49-17-6-3-7-18-49)66-41-54(44)28-26-46-36-47(27-29-55-42-67-64(35-45(55)2)50-19-8-4-9-20-50)38-56(37-46)58-24-14-15-25-60(58)62-43-68-65(51-21-10-5-11-22-51)40-61(62)53-32-33-59-52(39-53)31-30-48-16-12-13-23-57(48)59;/h3-17,19,21,23-25,30-43H,26-29H2,1-2H3;/q-3;+3/i1D3,2D3;. The van der Waals surface area contributed by atoms with Crippen LogP contribution in [0.25, 0.3) is 88.7 Å². The third kappa shape index (κ3) is 9.74. The average molecular weight is 1070 g/mol. The van der Waals surface area contributed by atoms with E-state index in [0.29, 0.717) is 48.2 Å². The zero-order valence-electron chi connectivity index (χ0n) is 43.6. The summed E-state index contributed by atoms with van der Waals surface area (Å²) in [6.45, 7) is -4.73. The number of aromatic nitrogens is 3. The normalized spacial score (nSPS) is 12.8. The fourth-order valence-electron chi connectivity index (χ4n) is 9.29. The van der Waals surface area contributed by atoms with Gasteiger partial charge in [0.15, 0.2) is 0 Å². The minimum atomic E-state index is -2.37. The number of hydrogen-bond acceptors (Lipinski definition) is 3. The number of aryl methyl sites for hydroxylation is 6. The zero-order valence-corrected chi connectivity index (χ0v) is 40.0. The molecule has 8 aromatic carbocycles. The monoisotopic (exact) mass is 1070 g/mol. The van der Waals surface area contributed by atoms with Gasteiger partial charge in [-0.2, -0.15) is 0 Å². The number of fused-ring (bicyclic) bond motifs is 3. The number of nitrogens with zero attached hydrogens (tertiary/aromatic N) is 3. The summed E-state index contributed by atoms with van der Waals surface area (Å²) in [5, 5.41) is 4.72. The number of hydrogen-bond donors (Lipinski definition) is 0. The van der Waals surface area contributed by atoms with E-state index in [1.54, 1.807) is 36.7 Å². The first-order valence-electron chi connectivity index (χ1n) is 26.0. The second kappa shape index (κ2) is 20.3. The van der Waals surface area contributed by atoms with Crippen LogP contribution >= 0.6 is 0 Å². The van der Waals surface area contributed by atoms with E-state index in [1.165, 1.54) is 16.2 Å². The molecule has 0 fully saturated rings. The molecule has 0 amide bonds. The SMILES string of the molecule is [2H]C([2H])([2H])c1cc(-c2[c-]cccc2)ncc1CCc1cc(CCc2cnc(-c3[c-]cccc3)cc2C([2H])([2H])[2H])cc(-c2ccccc2-c2cnc(-c3[c-]cccc3)cc2-c2ccc3c(ccc4ccccc43)c2)c1.[Ir+3]. The first kappa shape index (κ1) is 38.4. The summed E-state index contributed by atoms with van der Waals surface area (Å²) < 4.78 is 51.3. The Kier molecular flexibility index (Phi) is 11.3. The van der Waals surface area contributed by atoms with Gasteiger partial charge in [0.25, 0.3) is 0 Å². The molecule has 0 aliphatic rings. The van der Waals surface area contributed by atoms with Gasteiger partial charge < -0.3 is 15.0 Å². The minimum Gasteiger partial charge on any atom is -0.304 e. The van der Waals surface area contributed by atoms with Gasteiger partial charge in [0.2, 0.25) is 0 Å².